The Morgan fingerprint density at radius 3 is 2.67 bits per heavy atom. The molecule has 0 unspecified atom stereocenters. The third-order valence-corrected chi connectivity index (χ3v) is 5.11. The molecular weight excluding hydrogens is 309 g/mol. The van der Waals surface area contributed by atoms with Crippen molar-refractivity contribution in [3.63, 3.8) is 0 Å². The Hall–Kier alpha value is -1.66. The van der Waals surface area contributed by atoms with Gasteiger partial charge < -0.3 is 15.3 Å². The molecule has 1 atom stereocenters. The lowest BCUT2D eigenvalue weighted by Crippen LogP contribution is -2.51. The lowest BCUT2D eigenvalue weighted by atomic mass is 9.99. The fourth-order valence-corrected chi connectivity index (χ4v) is 3.67. The molecule has 0 spiro atoms. The highest BCUT2D eigenvalue weighted by atomic mass is 19.1. The number of anilines is 1. The number of amides is 2. The second-order valence-electron chi connectivity index (χ2n) is 6.90. The molecule has 0 bridgehead atoms. The number of carbonyl (C=O) groups excluding carboxylic acids is 1. The van der Waals surface area contributed by atoms with Crippen LogP contribution in [-0.4, -0.2) is 59.3 Å². The van der Waals surface area contributed by atoms with Gasteiger partial charge >= 0.3 is 6.03 Å². The van der Waals surface area contributed by atoms with Crippen LogP contribution in [0.3, 0.4) is 0 Å². The molecule has 0 aliphatic carbocycles. The molecule has 2 aliphatic rings. The molecule has 2 aliphatic heterocycles. The highest BCUT2D eigenvalue weighted by molar-refractivity contribution is 5.89. The highest BCUT2D eigenvalue weighted by Gasteiger charge is 2.29. The van der Waals surface area contributed by atoms with Crippen molar-refractivity contribution in [1.82, 2.24) is 9.80 Å². The van der Waals surface area contributed by atoms with E-state index in [0.29, 0.717) is 30.4 Å². The maximum Gasteiger partial charge on any atom is 0.321 e. The van der Waals surface area contributed by atoms with Crippen molar-refractivity contribution in [1.29, 1.82) is 0 Å². The van der Waals surface area contributed by atoms with Crippen LogP contribution in [0.2, 0.25) is 0 Å². The topological polar surface area (TPSA) is 55.8 Å². The van der Waals surface area contributed by atoms with Crippen LogP contribution in [0.25, 0.3) is 0 Å². The highest BCUT2D eigenvalue weighted by Crippen LogP contribution is 2.22. The fraction of sp³-hybridized carbons (Fsp3) is 0.611. The van der Waals surface area contributed by atoms with E-state index in [0.717, 1.165) is 38.8 Å². The first kappa shape index (κ1) is 17.2. The van der Waals surface area contributed by atoms with Crippen LogP contribution in [0.1, 0.15) is 31.2 Å². The van der Waals surface area contributed by atoms with Crippen LogP contribution in [0, 0.1) is 12.7 Å². The summed E-state index contributed by atoms with van der Waals surface area (Å²) in [6.45, 7) is 4.91. The molecule has 6 heteroatoms. The summed E-state index contributed by atoms with van der Waals surface area (Å²) in [5.74, 6) is -0.266. The molecule has 24 heavy (non-hydrogen) atoms. The zero-order valence-corrected chi connectivity index (χ0v) is 14.2. The van der Waals surface area contributed by atoms with Gasteiger partial charge in [0.2, 0.25) is 0 Å². The molecule has 0 aromatic heterocycles. The zero-order valence-electron chi connectivity index (χ0n) is 14.2. The first-order valence-corrected chi connectivity index (χ1v) is 8.77. The second kappa shape index (κ2) is 7.49. The maximum absolute atomic E-state index is 13.3. The predicted octanol–water partition coefficient (Wildman–Crippen LogP) is 2.59. The van der Waals surface area contributed by atoms with Gasteiger partial charge in [-0.05, 0) is 62.9 Å². The van der Waals surface area contributed by atoms with E-state index in [9.17, 15) is 14.3 Å². The molecule has 1 aromatic carbocycles. The number of β-amino-alcohol motifs (C(OH)–C–C–N with tert-alkyl or cyclic N) is 1. The molecular formula is C18H26FN3O2. The van der Waals surface area contributed by atoms with Crippen LogP contribution in [0.5, 0.6) is 0 Å². The van der Waals surface area contributed by atoms with Crippen LogP contribution < -0.4 is 5.32 Å². The molecule has 2 amide bonds. The maximum atomic E-state index is 13.3. The number of hydrogen-bond donors (Lipinski definition) is 2. The molecule has 3 rings (SSSR count). The molecule has 2 heterocycles. The number of nitrogens with zero attached hydrogens (tertiary/aromatic N) is 2. The van der Waals surface area contributed by atoms with E-state index < -0.39 is 0 Å². The number of aliphatic hydroxyl groups excluding tert-OH is 1. The lowest BCUT2D eigenvalue weighted by molar-refractivity contribution is 0.0298. The Balaban J connectivity index is 1.50. The van der Waals surface area contributed by atoms with Crippen molar-refractivity contribution in [2.75, 3.05) is 31.5 Å². The number of benzene rings is 1. The summed E-state index contributed by atoms with van der Waals surface area (Å²) in [6.07, 6.45) is 3.60. The van der Waals surface area contributed by atoms with Crippen LogP contribution in [-0.2, 0) is 0 Å². The van der Waals surface area contributed by atoms with Gasteiger partial charge in [-0.25, -0.2) is 9.18 Å². The standard InChI is InChI=1S/C18H26FN3O2/c1-13-11-14(4-5-17(13)19)20-18(24)21-9-6-15(7-10-21)22-8-2-3-16(23)12-22/h4-5,11,15-16,23H,2-3,6-10,12H2,1H3,(H,20,24)/t16-/m0/s1. The fourth-order valence-electron chi connectivity index (χ4n) is 3.67. The zero-order chi connectivity index (χ0) is 17.1. The number of piperidine rings is 2. The van der Waals surface area contributed by atoms with E-state index in [1.54, 1.807) is 19.1 Å². The summed E-state index contributed by atoms with van der Waals surface area (Å²) in [6, 6.07) is 4.94. The predicted molar refractivity (Wildman–Crippen MR) is 91.6 cm³/mol. The van der Waals surface area contributed by atoms with E-state index in [1.807, 2.05) is 4.90 Å². The third kappa shape index (κ3) is 4.05. The van der Waals surface area contributed by atoms with E-state index in [-0.39, 0.29) is 18.0 Å². The normalized spacial score (nSPS) is 23.3. The number of rotatable bonds is 2. The SMILES string of the molecule is Cc1cc(NC(=O)N2CCC(N3CCC[C@H](O)C3)CC2)ccc1F. The number of hydrogen-bond acceptors (Lipinski definition) is 3. The van der Waals surface area contributed by atoms with Crippen molar-refractivity contribution in [2.45, 2.75) is 44.8 Å². The quantitative estimate of drug-likeness (QED) is 0.873. The van der Waals surface area contributed by atoms with Gasteiger partial charge in [0.05, 0.1) is 6.10 Å². The van der Waals surface area contributed by atoms with Crippen molar-refractivity contribution >= 4 is 11.7 Å². The van der Waals surface area contributed by atoms with E-state index in [4.69, 9.17) is 0 Å². The Kier molecular flexibility index (Phi) is 5.36. The molecule has 2 N–H and O–H groups in total. The van der Waals surface area contributed by atoms with Crippen LogP contribution in [0.4, 0.5) is 14.9 Å². The number of aliphatic hydroxyl groups is 1. The van der Waals surface area contributed by atoms with Gasteiger partial charge in [0.15, 0.2) is 0 Å². The summed E-state index contributed by atoms with van der Waals surface area (Å²) in [4.78, 5) is 16.5. The second-order valence-corrected chi connectivity index (χ2v) is 6.90. The Bertz CT molecular complexity index is 588. The van der Waals surface area contributed by atoms with Gasteiger partial charge in [-0.2, -0.15) is 0 Å². The van der Waals surface area contributed by atoms with Crippen LogP contribution >= 0.6 is 0 Å². The van der Waals surface area contributed by atoms with Crippen molar-refractivity contribution in [3.05, 3.63) is 29.6 Å². The average Bonchev–Trinajstić information content (AvgIpc) is 2.58. The number of halogens is 1. The molecule has 132 valence electrons. The minimum atomic E-state index is -0.266. The van der Waals surface area contributed by atoms with E-state index in [2.05, 4.69) is 10.2 Å². The molecule has 5 nitrogen and oxygen atoms in total. The van der Waals surface area contributed by atoms with Gasteiger partial charge in [0.25, 0.3) is 0 Å². The smallest absolute Gasteiger partial charge is 0.321 e. The molecule has 0 radical (unpaired) electrons. The van der Waals surface area contributed by atoms with Crippen molar-refractivity contribution < 1.29 is 14.3 Å². The molecule has 1 aromatic rings. The lowest BCUT2D eigenvalue weighted by Gasteiger charge is -2.41. The Morgan fingerprint density at radius 2 is 2.00 bits per heavy atom. The first-order valence-electron chi connectivity index (χ1n) is 8.77. The van der Waals surface area contributed by atoms with Gasteiger partial charge in [0, 0.05) is 31.4 Å². The monoisotopic (exact) mass is 335 g/mol. The molecule has 2 fully saturated rings. The largest absolute Gasteiger partial charge is 0.392 e. The van der Waals surface area contributed by atoms with Gasteiger partial charge in [-0.1, -0.05) is 0 Å². The minimum absolute atomic E-state index is 0.127. The minimum Gasteiger partial charge on any atom is -0.392 e. The average molecular weight is 335 g/mol. The van der Waals surface area contributed by atoms with E-state index in [1.165, 1.54) is 6.07 Å². The van der Waals surface area contributed by atoms with Crippen molar-refractivity contribution in [2.24, 2.45) is 0 Å². The van der Waals surface area contributed by atoms with Crippen molar-refractivity contribution in [3.8, 4) is 0 Å². The molecule has 0 saturated carbocycles. The summed E-state index contributed by atoms with van der Waals surface area (Å²) in [5, 5.41) is 12.7. The number of urea groups is 1. The summed E-state index contributed by atoms with van der Waals surface area (Å²) < 4.78 is 13.3. The summed E-state index contributed by atoms with van der Waals surface area (Å²) in [5.41, 5.74) is 1.15. The van der Waals surface area contributed by atoms with Crippen LogP contribution in [0.15, 0.2) is 18.2 Å². The summed E-state index contributed by atoms with van der Waals surface area (Å²) >= 11 is 0. The number of nitrogens with one attached hydrogen (secondary N) is 1. The number of aryl methyl sites for hydroxylation is 1. The van der Waals surface area contributed by atoms with E-state index >= 15 is 0 Å². The first-order chi connectivity index (χ1) is 11.5. The van der Waals surface area contributed by atoms with Gasteiger partial charge in [-0.3, -0.25) is 4.90 Å². The Morgan fingerprint density at radius 1 is 1.25 bits per heavy atom. The number of likely N-dealkylation sites (tertiary alicyclic amines) is 2. The van der Waals surface area contributed by atoms with Gasteiger partial charge in [0.1, 0.15) is 5.82 Å². The third-order valence-electron chi connectivity index (χ3n) is 5.11. The number of carbonyl (C=O) groups is 1. The summed E-state index contributed by atoms with van der Waals surface area (Å²) in [7, 11) is 0. The van der Waals surface area contributed by atoms with Gasteiger partial charge in [-0.15, -0.1) is 0 Å². The Labute approximate surface area is 142 Å². The molecule has 2 saturated heterocycles.